The van der Waals surface area contributed by atoms with Crippen molar-refractivity contribution in [2.75, 3.05) is 37.7 Å². The number of hydrogen-bond acceptors (Lipinski definition) is 5. The summed E-state index contributed by atoms with van der Waals surface area (Å²) in [7, 11) is 0. The van der Waals surface area contributed by atoms with Crippen molar-refractivity contribution in [1.29, 1.82) is 0 Å². The third-order valence-electron chi connectivity index (χ3n) is 8.46. The molecule has 4 rings (SSSR count). The van der Waals surface area contributed by atoms with Gasteiger partial charge in [-0.25, -0.2) is 0 Å². The molecule has 3 saturated heterocycles. The van der Waals surface area contributed by atoms with Gasteiger partial charge in [0.2, 0.25) is 11.8 Å². The molecule has 0 aromatic heterocycles. The van der Waals surface area contributed by atoms with Gasteiger partial charge in [-0.15, -0.1) is 13.2 Å². The number of carbonyl (C=O) groups excluding carboxylic acids is 3. The van der Waals surface area contributed by atoms with E-state index in [0.717, 1.165) is 6.42 Å². The SMILES string of the molecule is C=CCN(CCC)C(=O)[C@@H]1[C@H]2C(=O)N(CCCCO)C(C(=O)N(CC=C)c3ccccc3Cl)C23CC[C@@]1(C)O3. The molecule has 3 aliphatic heterocycles. The molecule has 212 valence electrons. The summed E-state index contributed by atoms with van der Waals surface area (Å²) in [4.78, 5) is 47.7. The van der Waals surface area contributed by atoms with E-state index in [9.17, 15) is 19.5 Å². The molecule has 1 aromatic carbocycles. The van der Waals surface area contributed by atoms with Crippen LogP contribution in [0.25, 0.3) is 0 Å². The molecule has 2 bridgehead atoms. The summed E-state index contributed by atoms with van der Waals surface area (Å²) in [6.07, 6.45) is 6.18. The normalized spacial score (nSPS) is 28.9. The van der Waals surface area contributed by atoms with Crippen molar-refractivity contribution in [2.45, 2.75) is 63.2 Å². The Hall–Kier alpha value is -2.68. The molecule has 39 heavy (non-hydrogen) atoms. The molecule has 5 atom stereocenters. The van der Waals surface area contributed by atoms with Gasteiger partial charge in [0.1, 0.15) is 11.6 Å². The molecule has 3 aliphatic rings. The highest BCUT2D eigenvalue weighted by molar-refractivity contribution is 6.34. The van der Waals surface area contributed by atoms with Crippen molar-refractivity contribution in [3.05, 3.63) is 54.6 Å². The van der Waals surface area contributed by atoms with Gasteiger partial charge in [0.25, 0.3) is 5.91 Å². The molecule has 1 aromatic rings. The Balaban J connectivity index is 1.79. The maximum absolute atomic E-state index is 14.5. The van der Waals surface area contributed by atoms with Gasteiger partial charge in [-0.05, 0) is 51.2 Å². The average molecular weight is 558 g/mol. The first kappa shape index (κ1) is 29.3. The van der Waals surface area contributed by atoms with Crippen molar-refractivity contribution >= 4 is 35.0 Å². The van der Waals surface area contributed by atoms with Crippen LogP contribution in [0.1, 0.15) is 46.0 Å². The molecule has 0 aliphatic carbocycles. The molecular formula is C30H40ClN3O5. The minimum absolute atomic E-state index is 0.0133. The minimum Gasteiger partial charge on any atom is -0.396 e. The van der Waals surface area contributed by atoms with Crippen molar-refractivity contribution in [2.24, 2.45) is 11.8 Å². The highest BCUT2D eigenvalue weighted by Crippen LogP contribution is 2.63. The zero-order chi connectivity index (χ0) is 28.4. The van der Waals surface area contributed by atoms with Crippen molar-refractivity contribution in [1.82, 2.24) is 9.80 Å². The Bertz CT molecular complexity index is 1130. The van der Waals surface area contributed by atoms with E-state index in [1.54, 1.807) is 51.1 Å². The zero-order valence-corrected chi connectivity index (χ0v) is 23.7. The molecule has 3 fully saturated rings. The lowest BCUT2D eigenvalue weighted by Gasteiger charge is -2.37. The van der Waals surface area contributed by atoms with E-state index in [2.05, 4.69) is 13.2 Å². The standard InChI is InChI=1S/C30H40ClN3O5/c1-5-16-32(17-6-2)26(36)23-24-27(37)34(19-10-11-20-35)25(30(24)15-14-29(23,4)39-30)28(38)33(18-7-3)22-13-9-8-12-21(22)31/h5,7-9,12-13,23-25,35H,1,3,6,10-11,14-20H2,2,4H3/t23-,24-,25?,29+,30?/m0/s1. The Morgan fingerprint density at radius 2 is 1.90 bits per heavy atom. The fraction of sp³-hybridized carbons (Fsp3) is 0.567. The second-order valence-electron chi connectivity index (χ2n) is 11.0. The number of hydrogen-bond donors (Lipinski definition) is 1. The number of fused-ring (bicyclic) bond motifs is 1. The van der Waals surface area contributed by atoms with E-state index >= 15 is 0 Å². The predicted molar refractivity (Wildman–Crippen MR) is 151 cm³/mol. The molecule has 2 unspecified atom stereocenters. The first-order valence-corrected chi connectivity index (χ1v) is 14.3. The van der Waals surface area contributed by atoms with Crippen molar-refractivity contribution in [3.8, 4) is 0 Å². The number of nitrogens with zero attached hydrogens (tertiary/aromatic N) is 3. The molecular weight excluding hydrogens is 518 g/mol. The highest BCUT2D eigenvalue weighted by atomic mass is 35.5. The number of amides is 3. The number of aliphatic hydroxyl groups excluding tert-OH is 1. The van der Waals surface area contributed by atoms with Gasteiger partial charge < -0.3 is 24.5 Å². The third-order valence-corrected chi connectivity index (χ3v) is 8.78. The number of carbonyl (C=O) groups is 3. The number of aliphatic hydroxyl groups is 1. The van der Waals surface area contributed by atoms with E-state index < -0.39 is 29.1 Å². The van der Waals surface area contributed by atoms with Gasteiger partial charge in [0.15, 0.2) is 0 Å². The van der Waals surface area contributed by atoms with Crippen LogP contribution < -0.4 is 4.90 Å². The Kier molecular flexibility index (Phi) is 8.88. The molecule has 8 nitrogen and oxygen atoms in total. The van der Waals surface area contributed by atoms with Crippen LogP contribution in [0.3, 0.4) is 0 Å². The molecule has 1 spiro atoms. The summed E-state index contributed by atoms with van der Waals surface area (Å²) < 4.78 is 6.76. The van der Waals surface area contributed by atoms with E-state index in [1.165, 1.54) is 0 Å². The van der Waals surface area contributed by atoms with E-state index in [0.29, 0.717) is 49.5 Å². The predicted octanol–water partition coefficient (Wildman–Crippen LogP) is 3.82. The quantitative estimate of drug-likeness (QED) is 0.294. The molecule has 0 saturated carbocycles. The van der Waals surface area contributed by atoms with Gasteiger partial charge >= 0.3 is 0 Å². The van der Waals surface area contributed by atoms with Crippen LogP contribution in [0.2, 0.25) is 5.02 Å². The molecule has 3 heterocycles. The summed E-state index contributed by atoms with van der Waals surface area (Å²) in [5.41, 5.74) is -1.46. The maximum Gasteiger partial charge on any atom is 0.253 e. The maximum atomic E-state index is 14.5. The number of rotatable bonds is 13. The number of unbranched alkanes of at least 4 members (excludes halogenated alkanes) is 1. The number of halogens is 1. The summed E-state index contributed by atoms with van der Waals surface area (Å²) in [5.74, 6) is -2.14. The van der Waals surface area contributed by atoms with Crippen LogP contribution in [-0.4, -0.2) is 82.7 Å². The second-order valence-corrected chi connectivity index (χ2v) is 11.4. The highest BCUT2D eigenvalue weighted by Gasteiger charge is 2.78. The third kappa shape index (κ3) is 4.92. The summed E-state index contributed by atoms with van der Waals surface area (Å²) in [6.45, 7) is 13.0. The average Bonchev–Trinajstić information content (AvgIpc) is 3.48. The van der Waals surface area contributed by atoms with Gasteiger partial charge in [0.05, 0.1) is 28.1 Å². The summed E-state index contributed by atoms with van der Waals surface area (Å²) >= 11 is 6.52. The number of ether oxygens (including phenoxy) is 1. The van der Waals surface area contributed by atoms with Crippen LogP contribution >= 0.6 is 11.6 Å². The van der Waals surface area contributed by atoms with Crippen molar-refractivity contribution in [3.63, 3.8) is 0 Å². The molecule has 1 N–H and O–H groups in total. The van der Waals surface area contributed by atoms with Gasteiger partial charge in [-0.2, -0.15) is 0 Å². The van der Waals surface area contributed by atoms with Crippen LogP contribution in [0.4, 0.5) is 5.69 Å². The smallest absolute Gasteiger partial charge is 0.253 e. The van der Waals surface area contributed by atoms with E-state index in [-0.39, 0.29) is 37.4 Å². The molecule has 0 radical (unpaired) electrons. The topological polar surface area (TPSA) is 90.4 Å². The van der Waals surface area contributed by atoms with Gasteiger partial charge in [-0.1, -0.05) is 42.8 Å². The number of likely N-dealkylation sites (tertiary alicyclic amines) is 1. The first-order chi connectivity index (χ1) is 18.7. The van der Waals surface area contributed by atoms with Gasteiger partial charge in [-0.3, -0.25) is 14.4 Å². The molecule has 9 heteroatoms. The number of benzene rings is 1. The van der Waals surface area contributed by atoms with Crippen LogP contribution in [0.15, 0.2) is 49.6 Å². The number of para-hydroxylation sites is 1. The zero-order valence-electron chi connectivity index (χ0n) is 23.0. The van der Waals surface area contributed by atoms with Crippen LogP contribution in [0, 0.1) is 11.8 Å². The lowest BCUT2D eigenvalue weighted by molar-refractivity contribution is -0.149. The van der Waals surface area contributed by atoms with Crippen molar-refractivity contribution < 1.29 is 24.2 Å². The fourth-order valence-electron chi connectivity index (χ4n) is 6.88. The fourth-order valence-corrected chi connectivity index (χ4v) is 7.12. The number of anilines is 1. The van der Waals surface area contributed by atoms with Crippen LogP contribution in [0.5, 0.6) is 0 Å². The Morgan fingerprint density at radius 3 is 2.54 bits per heavy atom. The van der Waals surface area contributed by atoms with Gasteiger partial charge in [0, 0.05) is 32.8 Å². The lowest BCUT2D eigenvalue weighted by atomic mass is 9.66. The van der Waals surface area contributed by atoms with E-state index in [1.807, 2.05) is 13.8 Å². The Labute approximate surface area is 236 Å². The minimum atomic E-state index is -1.13. The monoisotopic (exact) mass is 557 g/mol. The van der Waals surface area contributed by atoms with Crippen LogP contribution in [-0.2, 0) is 19.1 Å². The first-order valence-electron chi connectivity index (χ1n) is 13.9. The largest absolute Gasteiger partial charge is 0.396 e. The molecule has 3 amide bonds. The van der Waals surface area contributed by atoms with E-state index in [4.69, 9.17) is 16.3 Å². The summed E-state index contributed by atoms with van der Waals surface area (Å²) in [6, 6.07) is 6.16. The Morgan fingerprint density at radius 1 is 1.18 bits per heavy atom. The summed E-state index contributed by atoms with van der Waals surface area (Å²) in [5, 5.41) is 9.82. The second kappa shape index (κ2) is 11.8. The lowest BCUT2D eigenvalue weighted by Crippen LogP contribution is -2.56.